The number of rotatable bonds is 4. The van der Waals surface area contributed by atoms with E-state index in [-0.39, 0.29) is 11.9 Å². The van der Waals surface area contributed by atoms with Gasteiger partial charge in [-0.15, -0.1) is 11.3 Å². The summed E-state index contributed by atoms with van der Waals surface area (Å²) in [6.07, 6.45) is 2.81. The van der Waals surface area contributed by atoms with Crippen LogP contribution in [-0.2, 0) is 6.42 Å². The maximum atomic E-state index is 12.8. The molecule has 5 heteroatoms. The summed E-state index contributed by atoms with van der Waals surface area (Å²) in [6, 6.07) is 10.4. The average molecular weight is 329 g/mol. The summed E-state index contributed by atoms with van der Waals surface area (Å²) in [5, 5.41) is 2.86. The van der Waals surface area contributed by atoms with Gasteiger partial charge in [0.15, 0.2) is 0 Å². The van der Waals surface area contributed by atoms with E-state index in [0.29, 0.717) is 18.2 Å². The number of nitrogens with zero attached hydrogens (tertiary/aromatic N) is 2. The highest BCUT2D eigenvalue weighted by Gasteiger charge is 2.30. The molecule has 0 radical (unpaired) electrons. The summed E-state index contributed by atoms with van der Waals surface area (Å²) in [6.45, 7) is 3.54. The van der Waals surface area contributed by atoms with E-state index in [4.69, 9.17) is 5.73 Å². The summed E-state index contributed by atoms with van der Waals surface area (Å²) >= 11 is 1.56. The first-order valence-corrected chi connectivity index (χ1v) is 9.04. The van der Waals surface area contributed by atoms with Gasteiger partial charge in [0.05, 0.1) is 5.01 Å². The molecule has 0 spiro atoms. The molecular weight excluding hydrogens is 306 g/mol. The predicted molar refractivity (Wildman–Crippen MR) is 93.6 cm³/mol. The van der Waals surface area contributed by atoms with Gasteiger partial charge < -0.3 is 10.6 Å². The molecule has 1 aliphatic rings. The fourth-order valence-electron chi connectivity index (χ4n) is 3.15. The monoisotopic (exact) mass is 329 g/mol. The number of aromatic nitrogens is 1. The number of carbonyl (C=O) groups is 1. The van der Waals surface area contributed by atoms with Crippen molar-refractivity contribution in [2.75, 3.05) is 13.1 Å². The number of carbonyl (C=O) groups excluding carboxylic acids is 1. The minimum atomic E-state index is 0.0305. The molecule has 2 aromatic rings. The quantitative estimate of drug-likeness (QED) is 0.938. The van der Waals surface area contributed by atoms with Crippen LogP contribution in [0.1, 0.15) is 40.8 Å². The van der Waals surface area contributed by atoms with Gasteiger partial charge >= 0.3 is 0 Å². The van der Waals surface area contributed by atoms with Crippen molar-refractivity contribution in [1.82, 2.24) is 9.88 Å². The molecule has 1 aromatic heterocycles. The smallest absolute Gasteiger partial charge is 0.273 e. The van der Waals surface area contributed by atoms with E-state index >= 15 is 0 Å². The SMILES string of the molecule is CC1CCN(C(=O)c2csc(Cc3ccccc3)n2)C(CN)C1. The van der Waals surface area contributed by atoms with E-state index in [1.807, 2.05) is 28.5 Å². The molecular formula is C18H23N3OS. The molecule has 4 nitrogen and oxygen atoms in total. The second-order valence-corrected chi connectivity index (χ2v) is 7.25. The van der Waals surface area contributed by atoms with Gasteiger partial charge in [0.25, 0.3) is 5.91 Å². The third-order valence-corrected chi connectivity index (χ3v) is 5.33. The minimum Gasteiger partial charge on any atom is -0.333 e. The fourth-order valence-corrected chi connectivity index (χ4v) is 3.95. The van der Waals surface area contributed by atoms with Crippen molar-refractivity contribution in [3.8, 4) is 0 Å². The summed E-state index contributed by atoms with van der Waals surface area (Å²) in [5.41, 5.74) is 7.65. The molecule has 1 aromatic carbocycles. The molecule has 2 heterocycles. The number of amides is 1. The van der Waals surface area contributed by atoms with Crippen molar-refractivity contribution < 1.29 is 4.79 Å². The Kier molecular flexibility index (Phi) is 5.08. The van der Waals surface area contributed by atoms with Crippen LogP contribution >= 0.6 is 11.3 Å². The highest BCUT2D eigenvalue weighted by Crippen LogP contribution is 2.24. The van der Waals surface area contributed by atoms with Crippen LogP contribution in [0.2, 0.25) is 0 Å². The van der Waals surface area contributed by atoms with E-state index in [2.05, 4.69) is 24.0 Å². The van der Waals surface area contributed by atoms with Gasteiger partial charge in [-0.2, -0.15) is 0 Å². The number of likely N-dealkylation sites (tertiary alicyclic amines) is 1. The lowest BCUT2D eigenvalue weighted by atomic mass is 9.92. The van der Waals surface area contributed by atoms with Crippen molar-refractivity contribution >= 4 is 17.2 Å². The Bertz CT molecular complexity index is 655. The maximum absolute atomic E-state index is 12.8. The van der Waals surface area contributed by atoms with Crippen LogP contribution in [0.15, 0.2) is 35.7 Å². The number of hydrogen-bond donors (Lipinski definition) is 1. The van der Waals surface area contributed by atoms with E-state index in [9.17, 15) is 4.79 Å². The maximum Gasteiger partial charge on any atom is 0.273 e. The van der Waals surface area contributed by atoms with Crippen molar-refractivity contribution in [1.29, 1.82) is 0 Å². The largest absolute Gasteiger partial charge is 0.333 e. The van der Waals surface area contributed by atoms with Crippen molar-refractivity contribution in [3.63, 3.8) is 0 Å². The third-order valence-electron chi connectivity index (χ3n) is 4.48. The van der Waals surface area contributed by atoms with E-state index < -0.39 is 0 Å². The highest BCUT2D eigenvalue weighted by molar-refractivity contribution is 7.09. The zero-order valence-electron chi connectivity index (χ0n) is 13.4. The predicted octanol–water partition coefficient (Wildman–Crippen LogP) is 2.93. The Balaban J connectivity index is 1.70. The summed E-state index contributed by atoms with van der Waals surface area (Å²) in [4.78, 5) is 19.2. The molecule has 2 unspecified atom stereocenters. The van der Waals surface area contributed by atoms with E-state index in [1.165, 1.54) is 5.56 Å². The van der Waals surface area contributed by atoms with Gasteiger partial charge in [0.1, 0.15) is 5.69 Å². The molecule has 1 fully saturated rings. The number of benzene rings is 1. The van der Waals surface area contributed by atoms with Crippen LogP contribution in [0.3, 0.4) is 0 Å². The lowest BCUT2D eigenvalue weighted by molar-refractivity contribution is 0.0568. The second-order valence-electron chi connectivity index (χ2n) is 6.31. The Hall–Kier alpha value is -1.72. The van der Waals surface area contributed by atoms with Crippen molar-refractivity contribution in [2.24, 2.45) is 11.7 Å². The van der Waals surface area contributed by atoms with Crippen LogP contribution in [0.5, 0.6) is 0 Å². The minimum absolute atomic E-state index is 0.0305. The first kappa shape index (κ1) is 16.1. The van der Waals surface area contributed by atoms with Crippen LogP contribution in [0.25, 0.3) is 0 Å². The van der Waals surface area contributed by atoms with E-state index in [1.54, 1.807) is 11.3 Å². The number of piperidine rings is 1. The lowest BCUT2D eigenvalue weighted by Gasteiger charge is -2.37. The van der Waals surface area contributed by atoms with Crippen LogP contribution in [-0.4, -0.2) is 34.9 Å². The van der Waals surface area contributed by atoms with Crippen molar-refractivity contribution in [3.05, 3.63) is 52.0 Å². The number of nitrogens with two attached hydrogens (primary N) is 1. The molecule has 1 saturated heterocycles. The molecule has 0 bridgehead atoms. The van der Waals surface area contributed by atoms with E-state index in [0.717, 1.165) is 30.8 Å². The molecule has 3 rings (SSSR count). The molecule has 122 valence electrons. The van der Waals surface area contributed by atoms with Gasteiger partial charge in [-0.25, -0.2) is 4.98 Å². The number of hydrogen-bond acceptors (Lipinski definition) is 4. The first-order valence-electron chi connectivity index (χ1n) is 8.16. The van der Waals surface area contributed by atoms with Gasteiger partial charge in [-0.1, -0.05) is 37.3 Å². The zero-order valence-corrected chi connectivity index (χ0v) is 14.3. The second kappa shape index (κ2) is 7.23. The Morgan fingerprint density at radius 3 is 2.91 bits per heavy atom. The number of thiazole rings is 1. The topological polar surface area (TPSA) is 59.2 Å². The molecule has 2 N–H and O–H groups in total. The van der Waals surface area contributed by atoms with Crippen LogP contribution in [0, 0.1) is 5.92 Å². The normalized spacial score (nSPS) is 21.4. The first-order chi connectivity index (χ1) is 11.2. The fraction of sp³-hybridized carbons (Fsp3) is 0.444. The van der Waals surface area contributed by atoms with Crippen molar-refractivity contribution in [2.45, 2.75) is 32.2 Å². The molecule has 2 atom stereocenters. The molecule has 0 aliphatic carbocycles. The average Bonchev–Trinajstić information content (AvgIpc) is 3.03. The Morgan fingerprint density at radius 1 is 1.39 bits per heavy atom. The van der Waals surface area contributed by atoms with Gasteiger partial charge in [-0.05, 0) is 24.3 Å². The highest BCUT2D eigenvalue weighted by atomic mass is 32.1. The lowest BCUT2D eigenvalue weighted by Crippen LogP contribution is -2.49. The van der Waals surface area contributed by atoms with Crippen LogP contribution < -0.4 is 5.73 Å². The molecule has 1 amide bonds. The van der Waals surface area contributed by atoms with Crippen LogP contribution in [0.4, 0.5) is 0 Å². The summed E-state index contributed by atoms with van der Waals surface area (Å²) < 4.78 is 0. The standard InChI is InChI=1S/C18H23N3OS/c1-13-7-8-21(15(9-13)11-19)18(22)16-12-23-17(20-16)10-14-5-3-2-4-6-14/h2-6,12-13,15H,7-11,19H2,1H3. The Morgan fingerprint density at radius 2 is 2.17 bits per heavy atom. The summed E-state index contributed by atoms with van der Waals surface area (Å²) in [7, 11) is 0. The molecule has 1 aliphatic heterocycles. The van der Waals surface area contributed by atoms with Gasteiger partial charge in [0.2, 0.25) is 0 Å². The van der Waals surface area contributed by atoms with Gasteiger partial charge in [-0.3, -0.25) is 4.79 Å². The molecule has 0 saturated carbocycles. The molecule has 23 heavy (non-hydrogen) atoms. The summed E-state index contributed by atoms with van der Waals surface area (Å²) in [5.74, 6) is 0.666. The Labute approximate surface area is 141 Å². The van der Waals surface area contributed by atoms with Gasteiger partial charge in [0, 0.05) is 30.9 Å². The zero-order chi connectivity index (χ0) is 16.2. The third kappa shape index (κ3) is 3.79.